The molecule has 0 radical (unpaired) electrons. The predicted molar refractivity (Wildman–Crippen MR) is 138 cm³/mol. The molecule has 3 aromatic carbocycles. The Morgan fingerprint density at radius 3 is 2.11 bits per heavy atom. The third-order valence-electron chi connectivity index (χ3n) is 6.62. The summed E-state index contributed by atoms with van der Waals surface area (Å²) in [6.45, 7) is 2.84. The maximum Gasteiger partial charge on any atom is 0.244 e. The minimum absolute atomic E-state index is 0.0240. The Morgan fingerprint density at radius 1 is 0.886 bits per heavy atom. The number of sulfonamides is 1. The molecule has 1 fully saturated rings. The third-order valence-corrected chi connectivity index (χ3v) is 8.51. The van der Waals surface area contributed by atoms with Crippen LogP contribution in [0, 0.1) is 6.92 Å². The smallest absolute Gasteiger partial charge is 0.244 e. The lowest BCUT2D eigenvalue weighted by molar-refractivity contribution is -0.116. The van der Waals surface area contributed by atoms with Crippen LogP contribution in [0.25, 0.3) is 21.8 Å². The minimum Gasteiger partial charge on any atom is -0.331 e. The second kappa shape index (κ2) is 9.28. The van der Waals surface area contributed by atoms with Crippen molar-refractivity contribution < 1.29 is 13.2 Å². The second-order valence-electron chi connectivity index (χ2n) is 8.94. The van der Waals surface area contributed by atoms with E-state index < -0.39 is 10.0 Å². The highest BCUT2D eigenvalue weighted by molar-refractivity contribution is 7.89. The highest BCUT2D eigenvalue weighted by atomic mass is 32.2. The number of hydrogen-bond acceptors (Lipinski definition) is 4. The molecule has 1 aliphatic heterocycles. The summed E-state index contributed by atoms with van der Waals surface area (Å²) in [6, 6.07) is 19.3. The number of rotatable bonds is 5. The molecule has 0 saturated carbocycles. The Labute approximate surface area is 204 Å². The Hall–Kier alpha value is -3.49. The van der Waals surface area contributed by atoms with Crippen molar-refractivity contribution in [3.63, 3.8) is 0 Å². The molecule has 180 valence electrons. The Balaban J connectivity index is 1.48. The topological polar surface area (TPSA) is 88.5 Å². The van der Waals surface area contributed by atoms with E-state index in [1.165, 1.54) is 4.31 Å². The molecule has 0 aliphatic carbocycles. The predicted octanol–water partition coefficient (Wildman–Crippen LogP) is 4.28. The average Bonchev–Trinajstić information content (AvgIpc) is 2.88. The lowest BCUT2D eigenvalue weighted by atomic mass is 10.1. The van der Waals surface area contributed by atoms with Crippen molar-refractivity contribution in [2.24, 2.45) is 0 Å². The van der Waals surface area contributed by atoms with Gasteiger partial charge in [0.15, 0.2) is 5.43 Å². The van der Waals surface area contributed by atoms with Crippen LogP contribution in [0.2, 0.25) is 0 Å². The van der Waals surface area contributed by atoms with E-state index in [0.29, 0.717) is 40.6 Å². The van der Waals surface area contributed by atoms with E-state index in [0.717, 1.165) is 24.8 Å². The third kappa shape index (κ3) is 4.35. The summed E-state index contributed by atoms with van der Waals surface area (Å²) >= 11 is 0. The number of benzene rings is 3. The van der Waals surface area contributed by atoms with Gasteiger partial charge in [0.1, 0.15) is 6.54 Å². The van der Waals surface area contributed by atoms with Crippen molar-refractivity contribution in [2.45, 2.75) is 37.6 Å². The monoisotopic (exact) mass is 489 g/mol. The number of hydrogen-bond donors (Lipinski definition) is 1. The second-order valence-corrected chi connectivity index (χ2v) is 10.9. The number of nitrogens with zero attached hydrogens (tertiary/aromatic N) is 2. The molecule has 35 heavy (non-hydrogen) atoms. The standard InChI is InChI=1S/C27H27N3O4S/c1-19-13-14-20(35(33,34)29-15-7-2-8-16-29)17-23(19)28-26(31)18-30-24-11-5-3-9-21(24)27(32)22-10-4-6-12-25(22)30/h3-6,9-14,17H,2,7-8,15-16,18H2,1H3,(H,28,31). The van der Waals surface area contributed by atoms with Crippen LogP contribution >= 0.6 is 0 Å². The van der Waals surface area contributed by atoms with Crippen LogP contribution in [-0.4, -0.2) is 36.3 Å². The van der Waals surface area contributed by atoms with Crippen molar-refractivity contribution in [1.82, 2.24) is 8.87 Å². The lowest BCUT2D eigenvalue weighted by Crippen LogP contribution is -2.35. The molecule has 1 saturated heterocycles. The number of carbonyl (C=O) groups is 1. The van der Waals surface area contributed by atoms with E-state index in [9.17, 15) is 18.0 Å². The molecule has 0 atom stereocenters. The quantitative estimate of drug-likeness (QED) is 0.424. The van der Waals surface area contributed by atoms with Crippen LogP contribution in [-0.2, 0) is 21.4 Å². The van der Waals surface area contributed by atoms with Crippen molar-refractivity contribution in [3.8, 4) is 0 Å². The van der Waals surface area contributed by atoms with Crippen LogP contribution in [0.5, 0.6) is 0 Å². The van der Waals surface area contributed by atoms with Crippen molar-refractivity contribution >= 4 is 43.4 Å². The summed E-state index contributed by atoms with van der Waals surface area (Å²) < 4.78 is 29.6. The molecule has 0 bridgehead atoms. The van der Waals surface area contributed by atoms with Crippen molar-refractivity contribution in [1.29, 1.82) is 0 Å². The number of para-hydroxylation sites is 2. The van der Waals surface area contributed by atoms with Crippen molar-refractivity contribution in [2.75, 3.05) is 18.4 Å². The lowest BCUT2D eigenvalue weighted by Gasteiger charge is -2.26. The van der Waals surface area contributed by atoms with Gasteiger partial charge in [-0.15, -0.1) is 0 Å². The molecule has 0 spiro atoms. The number of nitrogens with one attached hydrogen (secondary N) is 1. The highest BCUT2D eigenvalue weighted by Gasteiger charge is 2.26. The molecular formula is C27H27N3O4S. The van der Waals surface area contributed by atoms with Gasteiger partial charge in [-0.25, -0.2) is 8.42 Å². The first kappa shape index (κ1) is 23.3. The summed E-state index contributed by atoms with van der Waals surface area (Å²) in [5, 5.41) is 3.99. The zero-order chi connectivity index (χ0) is 24.6. The van der Waals surface area contributed by atoms with Gasteiger partial charge in [-0.1, -0.05) is 36.8 Å². The van der Waals surface area contributed by atoms with Crippen LogP contribution in [0.15, 0.2) is 76.4 Å². The molecule has 1 amide bonds. The van der Waals surface area contributed by atoms with E-state index in [1.54, 1.807) is 42.5 Å². The van der Waals surface area contributed by atoms with Crippen LogP contribution in [0.4, 0.5) is 5.69 Å². The van der Waals surface area contributed by atoms with E-state index in [2.05, 4.69) is 5.32 Å². The molecule has 1 aromatic heterocycles. The number of amides is 1. The molecule has 4 aromatic rings. The van der Waals surface area contributed by atoms with Crippen LogP contribution < -0.4 is 10.7 Å². The summed E-state index contributed by atoms with van der Waals surface area (Å²) in [4.78, 5) is 26.3. The summed E-state index contributed by atoms with van der Waals surface area (Å²) in [5.74, 6) is -0.306. The summed E-state index contributed by atoms with van der Waals surface area (Å²) in [6.07, 6.45) is 2.75. The Kier molecular flexibility index (Phi) is 6.17. The number of pyridine rings is 1. The first-order valence-corrected chi connectivity index (χ1v) is 13.2. The largest absolute Gasteiger partial charge is 0.331 e. The van der Waals surface area contributed by atoms with E-state index in [-0.39, 0.29) is 22.8 Å². The van der Waals surface area contributed by atoms with Gasteiger partial charge in [0.05, 0.1) is 15.9 Å². The Morgan fingerprint density at radius 2 is 1.49 bits per heavy atom. The number of aryl methyl sites for hydroxylation is 1. The fourth-order valence-electron chi connectivity index (χ4n) is 4.73. The van der Waals surface area contributed by atoms with E-state index in [4.69, 9.17) is 0 Å². The summed E-state index contributed by atoms with van der Waals surface area (Å²) in [7, 11) is -3.62. The molecule has 5 rings (SSSR count). The van der Waals surface area contributed by atoms with Gasteiger partial charge in [-0.2, -0.15) is 4.31 Å². The Bertz CT molecular complexity index is 1540. The molecule has 1 N–H and O–H groups in total. The van der Waals surface area contributed by atoms with Gasteiger partial charge >= 0.3 is 0 Å². The molecule has 0 unspecified atom stereocenters. The minimum atomic E-state index is -3.62. The SMILES string of the molecule is Cc1ccc(S(=O)(=O)N2CCCCC2)cc1NC(=O)Cn1c2ccccc2c(=O)c2ccccc21. The van der Waals surface area contributed by atoms with Gasteiger partial charge in [-0.3, -0.25) is 9.59 Å². The van der Waals surface area contributed by atoms with Crippen molar-refractivity contribution in [3.05, 3.63) is 82.5 Å². The van der Waals surface area contributed by atoms with Gasteiger partial charge in [0.25, 0.3) is 0 Å². The molecule has 1 aliphatic rings. The first-order chi connectivity index (χ1) is 16.9. The van der Waals surface area contributed by atoms with E-state index in [1.807, 2.05) is 35.8 Å². The number of aromatic nitrogens is 1. The van der Waals surface area contributed by atoms with Gasteiger partial charge < -0.3 is 9.88 Å². The molecule has 8 heteroatoms. The molecular weight excluding hydrogens is 462 g/mol. The van der Waals surface area contributed by atoms with Gasteiger partial charge in [0, 0.05) is 29.5 Å². The normalized spacial score (nSPS) is 14.9. The van der Waals surface area contributed by atoms with E-state index >= 15 is 0 Å². The fourth-order valence-corrected chi connectivity index (χ4v) is 6.27. The maximum atomic E-state index is 13.2. The molecule has 7 nitrogen and oxygen atoms in total. The number of anilines is 1. The first-order valence-electron chi connectivity index (χ1n) is 11.8. The van der Waals surface area contributed by atoms with Crippen LogP contribution in [0.3, 0.4) is 0 Å². The van der Waals surface area contributed by atoms with Crippen LogP contribution in [0.1, 0.15) is 24.8 Å². The molecule has 2 heterocycles. The average molecular weight is 490 g/mol. The number of fused-ring (bicyclic) bond motifs is 2. The van der Waals surface area contributed by atoms with Gasteiger partial charge in [-0.05, 0) is 61.7 Å². The van der Waals surface area contributed by atoms with Gasteiger partial charge in [0.2, 0.25) is 15.9 Å². The number of carbonyl (C=O) groups excluding carboxylic acids is 1. The maximum absolute atomic E-state index is 13.2. The highest BCUT2D eigenvalue weighted by Crippen LogP contribution is 2.26. The summed E-state index contributed by atoms with van der Waals surface area (Å²) in [5.41, 5.74) is 2.50. The number of piperidine rings is 1. The zero-order valence-electron chi connectivity index (χ0n) is 19.5. The fraction of sp³-hybridized carbons (Fsp3) is 0.259. The zero-order valence-corrected chi connectivity index (χ0v) is 20.3.